The molecule has 2 heterocycles. The molecule has 2 rings (SSSR count). The van der Waals surface area contributed by atoms with Gasteiger partial charge in [0.2, 0.25) is 0 Å². The zero-order valence-corrected chi connectivity index (χ0v) is 19.0. The summed E-state index contributed by atoms with van der Waals surface area (Å²) in [6.07, 6.45) is 3.16. The van der Waals surface area contributed by atoms with Crippen molar-refractivity contribution in [2.24, 2.45) is 21.6 Å². The van der Waals surface area contributed by atoms with Gasteiger partial charge in [0.1, 0.15) is 17.8 Å². The first-order valence-corrected chi connectivity index (χ1v) is 16.2. The smallest absolute Gasteiger partial charge is 0.147 e. The van der Waals surface area contributed by atoms with E-state index in [1.165, 1.54) is 12.1 Å². The fourth-order valence-corrected chi connectivity index (χ4v) is 15.6. The summed E-state index contributed by atoms with van der Waals surface area (Å²) in [6, 6.07) is 0. The number of alkyl halides is 1. The van der Waals surface area contributed by atoms with Gasteiger partial charge in [0.25, 0.3) is 0 Å². The van der Waals surface area contributed by atoms with Crippen LogP contribution < -0.4 is 5.73 Å². The summed E-state index contributed by atoms with van der Waals surface area (Å²) in [5, 5.41) is 0. The summed E-state index contributed by atoms with van der Waals surface area (Å²) in [6.45, 7) is 13.7. The van der Waals surface area contributed by atoms with Crippen LogP contribution in [-0.4, -0.2) is 81.1 Å². The van der Waals surface area contributed by atoms with Crippen LogP contribution in [0.4, 0.5) is 4.39 Å². The first-order valence-electron chi connectivity index (χ1n) is 8.86. The highest BCUT2D eigenvalue weighted by Gasteiger charge is 2.32. The van der Waals surface area contributed by atoms with Crippen molar-refractivity contribution in [3.63, 3.8) is 0 Å². The molecule has 0 aromatic heterocycles. The van der Waals surface area contributed by atoms with Crippen molar-refractivity contribution in [1.29, 1.82) is 0 Å². The zero-order valence-electron chi connectivity index (χ0n) is 16.2. The van der Waals surface area contributed by atoms with Gasteiger partial charge in [-0.3, -0.25) is 4.99 Å². The van der Waals surface area contributed by atoms with Crippen molar-refractivity contribution in [1.82, 2.24) is 4.90 Å². The monoisotopic (exact) mass is 405 g/mol. The quantitative estimate of drug-likeness (QED) is 0.706. The lowest BCUT2D eigenvalue weighted by molar-refractivity contribution is 0.292. The maximum absolute atomic E-state index is 14.2. The Bertz CT molecular complexity index is 562. The molecule has 142 valence electrons. The second kappa shape index (κ2) is 9.20. The Morgan fingerprint density at radius 3 is 2.88 bits per heavy atom. The lowest BCUT2D eigenvalue weighted by Crippen LogP contribution is -2.27. The summed E-state index contributed by atoms with van der Waals surface area (Å²) in [5.41, 5.74) is 6.50. The number of halogens is 1. The highest BCUT2D eigenvalue weighted by atomic mass is 32.1. The maximum Gasteiger partial charge on any atom is 0.147 e. The molecule has 4 atom stereocenters. The Balaban J connectivity index is 2.12. The minimum absolute atomic E-state index is 0.188. The van der Waals surface area contributed by atoms with Crippen LogP contribution in [0.2, 0.25) is 0 Å². The number of hydrogen-bond acceptors (Lipinski definition) is 4. The van der Waals surface area contributed by atoms with Crippen molar-refractivity contribution in [3.8, 4) is 0 Å². The molecule has 2 aliphatic heterocycles. The first-order chi connectivity index (χ1) is 11.7. The lowest BCUT2D eigenvalue weighted by Gasteiger charge is -2.27. The number of rotatable bonds is 5. The Labute approximate surface area is 155 Å². The van der Waals surface area contributed by atoms with E-state index in [9.17, 15) is 4.39 Å². The van der Waals surface area contributed by atoms with E-state index in [1.54, 1.807) is 0 Å². The SMILES string of the molecule is CPP(C)C[P+](C)(C)CC1CCN2C=C(C(N)=NC(C)=NC1)C(F)C2. The molecule has 0 aliphatic carbocycles. The Kier molecular flexibility index (Phi) is 7.81. The topological polar surface area (TPSA) is 54.0 Å². The minimum atomic E-state index is -1.03. The maximum atomic E-state index is 14.2. The summed E-state index contributed by atoms with van der Waals surface area (Å²) in [7, 11) is 0.351. The third-order valence-electron chi connectivity index (χ3n) is 4.76. The molecule has 0 saturated carbocycles. The number of nitrogens with two attached hydrogens (primary N) is 1. The van der Waals surface area contributed by atoms with Gasteiger partial charge in [-0.2, -0.15) is 0 Å². The molecule has 4 nitrogen and oxygen atoms in total. The lowest BCUT2D eigenvalue weighted by atomic mass is 10.1. The molecule has 0 aromatic rings. The van der Waals surface area contributed by atoms with Crippen LogP contribution in [-0.2, 0) is 0 Å². The number of nitrogens with zero attached hydrogens (tertiary/aromatic N) is 3. The molecule has 25 heavy (non-hydrogen) atoms. The molecule has 4 unspecified atom stereocenters. The molecule has 0 aromatic carbocycles. The van der Waals surface area contributed by atoms with Gasteiger partial charge in [0.15, 0.2) is 0 Å². The van der Waals surface area contributed by atoms with Crippen LogP contribution in [0.3, 0.4) is 0 Å². The molecule has 8 heteroatoms. The van der Waals surface area contributed by atoms with E-state index in [0.717, 1.165) is 27.8 Å². The molecule has 0 fully saturated rings. The molecule has 0 saturated heterocycles. The largest absolute Gasteiger partial charge is 0.383 e. The van der Waals surface area contributed by atoms with Gasteiger partial charge in [-0.1, -0.05) is 8.27 Å². The van der Waals surface area contributed by atoms with Gasteiger partial charge in [0, 0.05) is 51.4 Å². The standard InChI is InChI=1S/C17H33FN4P3/c1-13-20-8-14(11-25(4,5)12-24(3)23-2)6-7-22-9-15(16(18)10-22)17(19)21-13/h9,14,16,23H,6-8,10-12H2,1-5H3,(H2,19,20,21)/q+1. The summed E-state index contributed by atoms with van der Waals surface area (Å²) >= 11 is 0. The predicted octanol–water partition coefficient (Wildman–Crippen LogP) is 3.89. The van der Waals surface area contributed by atoms with Crippen molar-refractivity contribution >= 4 is 34.8 Å². The van der Waals surface area contributed by atoms with Gasteiger partial charge >= 0.3 is 0 Å². The normalized spacial score (nSPS) is 27.0. The van der Waals surface area contributed by atoms with Crippen molar-refractivity contribution in [2.75, 3.05) is 58.4 Å². The Morgan fingerprint density at radius 2 is 2.20 bits per heavy atom. The van der Waals surface area contributed by atoms with Gasteiger partial charge in [-0.05, 0) is 34.3 Å². The van der Waals surface area contributed by atoms with E-state index in [4.69, 9.17) is 5.73 Å². The van der Waals surface area contributed by atoms with Crippen molar-refractivity contribution in [2.45, 2.75) is 19.5 Å². The average Bonchev–Trinajstić information content (AvgIpc) is 2.88. The molecular formula is C17H33FN4P3+. The summed E-state index contributed by atoms with van der Waals surface area (Å²) in [5.74, 6) is 2.91. The van der Waals surface area contributed by atoms with E-state index >= 15 is 0 Å². The highest BCUT2D eigenvalue weighted by Crippen LogP contribution is 2.66. The van der Waals surface area contributed by atoms with Crippen LogP contribution >= 0.6 is 23.1 Å². The number of fused-ring (bicyclic) bond motifs is 1. The van der Waals surface area contributed by atoms with Gasteiger partial charge < -0.3 is 10.6 Å². The molecule has 2 bridgehead atoms. The fraction of sp³-hybridized carbons (Fsp3) is 0.765. The molecule has 0 amide bonds. The molecular weight excluding hydrogens is 372 g/mol. The molecule has 2 aliphatic rings. The zero-order chi connectivity index (χ0) is 18.6. The van der Waals surface area contributed by atoms with E-state index in [1.807, 2.05) is 13.1 Å². The van der Waals surface area contributed by atoms with E-state index in [2.05, 4.69) is 41.5 Å². The number of hydrogen-bond donors (Lipinski definition) is 1. The Hall–Kier alpha value is -0.100. The molecule has 2 N–H and O–H groups in total. The van der Waals surface area contributed by atoms with Crippen LogP contribution in [0.15, 0.2) is 21.8 Å². The third kappa shape index (κ3) is 6.53. The van der Waals surface area contributed by atoms with Gasteiger partial charge in [0.05, 0.1) is 18.6 Å². The van der Waals surface area contributed by atoms with Crippen LogP contribution in [0.5, 0.6) is 0 Å². The second-order valence-electron chi connectivity index (χ2n) is 7.77. The predicted molar refractivity (Wildman–Crippen MR) is 118 cm³/mol. The van der Waals surface area contributed by atoms with Crippen LogP contribution in [0, 0.1) is 5.92 Å². The summed E-state index contributed by atoms with van der Waals surface area (Å²) < 4.78 is 14.2. The van der Waals surface area contributed by atoms with E-state index in [0.29, 0.717) is 23.9 Å². The third-order valence-corrected chi connectivity index (χ3v) is 15.4. The average molecular weight is 405 g/mol. The van der Waals surface area contributed by atoms with Crippen molar-refractivity contribution < 1.29 is 4.39 Å². The molecule has 0 radical (unpaired) electrons. The van der Waals surface area contributed by atoms with Crippen molar-refractivity contribution in [3.05, 3.63) is 11.8 Å². The van der Waals surface area contributed by atoms with E-state index in [-0.39, 0.29) is 13.4 Å². The van der Waals surface area contributed by atoms with Crippen LogP contribution in [0.25, 0.3) is 0 Å². The Morgan fingerprint density at radius 1 is 1.48 bits per heavy atom. The number of aliphatic imine (C=N–C) groups is 2. The number of amidine groups is 2. The van der Waals surface area contributed by atoms with Gasteiger partial charge in [-0.25, -0.2) is 9.38 Å². The first kappa shape index (κ1) is 21.2. The fourth-order valence-electron chi connectivity index (χ4n) is 3.54. The van der Waals surface area contributed by atoms with Crippen LogP contribution in [0.1, 0.15) is 13.3 Å². The van der Waals surface area contributed by atoms with Gasteiger partial charge in [-0.15, -0.1) is 0 Å². The second-order valence-corrected chi connectivity index (χ2v) is 18.6. The summed E-state index contributed by atoms with van der Waals surface area (Å²) in [4.78, 5) is 11.1. The molecule has 0 spiro atoms. The highest BCUT2D eigenvalue weighted by molar-refractivity contribution is 8.23. The minimum Gasteiger partial charge on any atom is -0.383 e. The van der Waals surface area contributed by atoms with E-state index < -0.39 is 13.4 Å².